The molecule has 162 valence electrons. The fourth-order valence-electron chi connectivity index (χ4n) is 3.79. The van der Waals surface area contributed by atoms with Gasteiger partial charge in [-0.1, -0.05) is 35.3 Å². The van der Waals surface area contributed by atoms with E-state index >= 15 is 0 Å². The van der Waals surface area contributed by atoms with Crippen molar-refractivity contribution in [2.45, 2.75) is 25.3 Å². The van der Waals surface area contributed by atoms with E-state index in [-0.39, 0.29) is 11.8 Å². The van der Waals surface area contributed by atoms with Crippen molar-refractivity contribution in [2.24, 2.45) is 0 Å². The maximum absolute atomic E-state index is 13.0. The van der Waals surface area contributed by atoms with Crippen LogP contribution in [0.4, 0.5) is 5.82 Å². The van der Waals surface area contributed by atoms with Gasteiger partial charge in [0.05, 0.1) is 4.70 Å². The lowest BCUT2D eigenvalue weighted by molar-refractivity contribution is -0.126. The average molecular weight is 477 g/mol. The molecule has 2 heterocycles. The molecule has 9 heteroatoms. The van der Waals surface area contributed by atoms with E-state index in [2.05, 4.69) is 15.0 Å². The van der Waals surface area contributed by atoms with Gasteiger partial charge in [-0.2, -0.15) is 4.37 Å². The third-order valence-corrected chi connectivity index (χ3v) is 6.53. The van der Waals surface area contributed by atoms with Crippen LogP contribution in [0, 0.1) is 0 Å². The number of halogens is 2. The molecule has 1 atom stereocenters. The molecule has 2 aromatic carbocycles. The van der Waals surface area contributed by atoms with E-state index in [0.717, 1.165) is 28.7 Å². The number of fused-ring (bicyclic) bond motifs is 1. The number of nitrogens with one attached hydrogen (secondary N) is 2. The van der Waals surface area contributed by atoms with Gasteiger partial charge in [0, 0.05) is 40.6 Å². The van der Waals surface area contributed by atoms with Crippen molar-refractivity contribution in [3.05, 3.63) is 58.1 Å². The molecule has 3 aromatic rings. The first-order valence-electron chi connectivity index (χ1n) is 10.2. The second-order valence-electron chi connectivity index (χ2n) is 7.41. The molecule has 4 rings (SSSR count). The predicted molar refractivity (Wildman–Crippen MR) is 126 cm³/mol. The quantitative estimate of drug-likeness (QED) is 0.499. The molecule has 1 aliphatic rings. The summed E-state index contributed by atoms with van der Waals surface area (Å²) in [7, 11) is 0. The lowest BCUT2D eigenvalue weighted by atomic mass is 10.00. The fraction of sp³-hybridized carbons (Fsp3) is 0.318. The van der Waals surface area contributed by atoms with Gasteiger partial charge in [0.15, 0.2) is 0 Å². The summed E-state index contributed by atoms with van der Waals surface area (Å²) in [4.78, 5) is 27.5. The number of amides is 2. The minimum atomic E-state index is -0.501. The van der Waals surface area contributed by atoms with E-state index in [1.807, 2.05) is 24.3 Å². The minimum Gasteiger partial charge on any atom is -0.367 e. The Morgan fingerprint density at radius 1 is 1.10 bits per heavy atom. The molecule has 0 spiro atoms. The zero-order valence-corrected chi connectivity index (χ0v) is 19.1. The third kappa shape index (κ3) is 5.11. The van der Waals surface area contributed by atoms with Crippen LogP contribution in [0.25, 0.3) is 10.1 Å². The zero-order chi connectivity index (χ0) is 21.8. The van der Waals surface area contributed by atoms with Gasteiger partial charge < -0.3 is 15.5 Å². The van der Waals surface area contributed by atoms with Crippen molar-refractivity contribution in [3.63, 3.8) is 0 Å². The summed E-state index contributed by atoms with van der Waals surface area (Å²) in [6, 6.07) is 12.3. The van der Waals surface area contributed by atoms with Crippen molar-refractivity contribution < 1.29 is 9.59 Å². The van der Waals surface area contributed by atoms with Crippen LogP contribution in [-0.2, 0) is 4.79 Å². The molecular weight excluding hydrogens is 455 g/mol. The lowest BCUT2D eigenvalue weighted by Gasteiger charge is -2.34. The molecule has 1 saturated heterocycles. The number of likely N-dealkylation sites (tertiary alicyclic amines) is 1. The summed E-state index contributed by atoms with van der Waals surface area (Å²) in [5, 5.41) is 8.09. The minimum absolute atomic E-state index is 0.147. The number of nitrogens with zero attached hydrogens (tertiary/aromatic N) is 2. The number of aromatic nitrogens is 1. The van der Waals surface area contributed by atoms with E-state index in [4.69, 9.17) is 23.2 Å². The average Bonchev–Trinajstić information content (AvgIpc) is 3.18. The SMILES string of the molecule is O=C(NCCNc1nsc2ccccc12)C1CCCCN1C(=O)c1cc(Cl)cc(Cl)c1. The number of piperidine rings is 1. The Labute approximate surface area is 194 Å². The fourth-order valence-corrected chi connectivity index (χ4v) is 5.07. The highest BCUT2D eigenvalue weighted by Crippen LogP contribution is 2.26. The number of benzene rings is 2. The van der Waals surface area contributed by atoms with Gasteiger partial charge in [-0.25, -0.2) is 0 Å². The molecule has 1 unspecified atom stereocenters. The summed E-state index contributed by atoms with van der Waals surface area (Å²) in [6.07, 6.45) is 2.40. The molecule has 1 fully saturated rings. The molecule has 0 aliphatic carbocycles. The van der Waals surface area contributed by atoms with Crippen molar-refractivity contribution >= 4 is 62.5 Å². The number of anilines is 1. The predicted octanol–water partition coefficient (Wildman–Crippen LogP) is 4.83. The highest BCUT2D eigenvalue weighted by molar-refractivity contribution is 7.13. The zero-order valence-electron chi connectivity index (χ0n) is 16.7. The molecule has 2 amide bonds. The number of carbonyl (C=O) groups excluding carboxylic acids is 2. The molecule has 1 aromatic heterocycles. The molecule has 31 heavy (non-hydrogen) atoms. The Hall–Kier alpha value is -2.35. The first kappa shape index (κ1) is 21.9. The van der Waals surface area contributed by atoms with Crippen LogP contribution in [-0.4, -0.2) is 46.8 Å². The van der Waals surface area contributed by atoms with Gasteiger partial charge in [0.25, 0.3) is 5.91 Å². The van der Waals surface area contributed by atoms with Gasteiger partial charge in [0.2, 0.25) is 5.91 Å². The maximum atomic E-state index is 13.0. The Bertz CT molecular complexity index is 1080. The molecular formula is C22H22Cl2N4O2S. The highest BCUT2D eigenvalue weighted by Gasteiger charge is 2.32. The molecule has 2 N–H and O–H groups in total. The Kier molecular flexibility index (Phi) is 6.95. The van der Waals surface area contributed by atoms with E-state index in [1.165, 1.54) is 11.5 Å². The monoisotopic (exact) mass is 476 g/mol. The van der Waals surface area contributed by atoms with Crippen LogP contribution in [0.15, 0.2) is 42.5 Å². The van der Waals surface area contributed by atoms with Crippen LogP contribution >= 0.6 is 34.7 Å². The largest absolute Gasteiger partial charge is 0.367 e. The lowest BCUT2D eigenvalue weighted by Crippen LogP contribution is -2.52. The van der Waals surface area contributed by atoms with Crippen molar-refractivity contribution in [1.29, 1.82) is 0 Å². The summed E-state index contributed by atoms with van der Waals surface area (Å²) >= 11 is 13.5. The molecule has 0 saturated carbocycles. The topological polar surface area (TPSA) is 74.3 Å². The number of hydrogen-bond acceptors (Lipinski definition) is 5. The number of carbonyl (C=O) groups is 2. The second kappa shape index (κ2) is 9.85. The Morgan fingerprint density at radius 2 is 1.87 bits per heavy atom. The smallest absolute Gasteiger partial charge is 0.254 e. The van der Waals surface area contributed by atoms with Gasteiger partial charge >= 0.3 is 0 Å². The van der Waals surface area contributed by atoms with Crippen LogP contribution in [0.2, 0.25) is 10.0 Å². The Morgan fingerprint density at radius 3 is 2.68 bits per heavy atom. The van der Waals surface area contributed by atoms with Crippen LogP contribution in [0.1, 0.15) is 29.6 Å². The molecule has 6 nitrogen and oxygen atoms in total. The van der Waals surface area contributed by atoms with E-state index in [9.17, 15) is 9.59 Å². The molecule has 0 bridgehead atoms. The summed E-state index contributed by atoms with van der Waals surface area (Å²) < 4.78 is 5.55. The van der Waals surface area contributed by atoms with Gasteiger partial charge in [-0.3, -0.25) is 9.59 Å². The third-order valence-electron chi connectivity index (χ3n) is 5.27. The Balaban J connectivity index is 1.35. The van der Waals surface area contributed by atoms with E-state index in [1.54, 1.807) is 23.1 Å². The molecule has 0 radical (unpaired) electrons. The second-order valence-corrected chi connectivity index (χ2v) is 9.09. The van der Waals surface area contributed by atoms with Gasteiger partial charge in [0.1, 0.15) is 11.9 Å². The van der Waals surface area contributed by atoms with Crippen molar-refractivity contribution in [2.75, 3.05) is 25.0 Å². The van der Waals surface area contributed by atoms with Crippen LogP contribution in [0.3, 0.4) is 0 Å². The van der Waals surface area contributed by atoms with Gasteiger partial charge in [-0.05, 0) is 61.1 Å². The first-order chi connectivity index (χ1) is 15.0. The normalized spacial score (nSPS) is 16.3. The van der Waals surface area contributed by atoms with E-state index < -0.39 is 6.04 Å². The van der Waals surface area contributed by atoms with Crippen molar-refractivity contribution in [3.8, 4) is 0 Å². The van der Waals surface area contributed by atoms with Crippen LogP contribution in [0.5, 0.6) is 0 Å². The van der Waals surface area contributed by atoms with Gasteiger partial charge in [-0.15, -0.1) is 0 Å². The van der Waals surface area contributed by atoms with E-state index in [0.29, 0.717) is 41.7 Å². The summed E-state index contributed by atoms with van der Waals surface area (Å²) in [5.74, 6) is 0.449. The number of hydrogen-bond donors (Lipinski definition) is 2. The highest BCUT2D eigenvalue weighted by atomic mass is 35.5. The van der Waals surface area contributed by atoms with Crippen LogP contribution < -0.4 is 10.6 Å². The summed E-state index contributed by atoms with van der Waals surface area (Å²) in [6.45, 7) is 1.51. The number of rotatable bonds is 6. The standard InChI is InChI=1S/C22H22Cl2N4O2S/c23-15-11-14(12-16(24)13-15)22(30)28-10-4-3-6-18(28)21(29)26-9-8-25-20-17-5-1-2-7-19(17)31-27-20/h1-2,5,7,11-13,18H,3-4,6,8-10H2,(H,25,27)(H,26,29). The summed E-state index contributed by atoms with van der Waals surface area (Å²) in [5.41, 5.74) is 0.397. The first-order valence-corrected chi connectivity index (χ1v) is 11.7. The maximum Gasteiger partial charge on any atom is 0.254 e. The van der Waals surface area contributed by atoms with Crippen molar-refractivity contribution in [1.82, 2.24) is 14.6 Å². The molecule has 1 aliphatic heterocycles.